The maximum absolute atomic E-state index is 13.1. The number of nitrogens with one attached hydrogen (secondary N) is 2. The summed E-state index contributed by atoms with van der Waals surface area (Å²) < 4.78 is 1.89. The van der Waals surface area contributed by atoms with E-state index >= 15 is 0 Å². The topological polar surface area (TPSA) is 79.3 Å². The van der Waals surface area contributed by atoms with Crippen LogP contribution < -0.4 is 10.6 Å². The molecule has 4 aromatic rings. The molecule has 1 aliphatic carbocycles. The van der Waals surface area contributed by atoms with Crippen LogP contribution in [0.25, 0.3) is 16.8 Å². The van der Waals surface area contributed by atoms with E-state index in [1.54, 1.807) is 0 Å². The van der Waals surface area contributed by atoms with Crippen LogP contribution in [0.15, 0.2) is 85.2 Å². The van der Waals surface area contributed by atoms with Crippen LogP contribution in [0.2, 0.25) is 0 Å². The second-order valence-electron chi connectivity index (χ2n) is 12.2. The first-order chi connectivity index (χ1) is 19.8. The Kier molecular flexibility index (Phi) is 7.12. The molecule has 210 valence electrons. The molecule has 1 saturated carbocycles. The molecule has 2 atom stereocenters. The van der Waals surface area contributed by atoms with E-state index in [1.807, 2.05) is 85.1 Å². The fourth-order valence-electron chi connectivity index (χ4n) is 5.80. The summed E-state index contributed by atoms with van der Waals surface area (Å²) in [6, 6.07) is 24.5. The number of hydrogen-bond donors (Lipinski definition) is 2. The van der Waals surface area contributed by atoms with Crippen molar-refractivity contribution in [2.45, 2.75) is 58.2 Å². The molecular weight excluding hydrogens is 510 g/mol. The molecule has 1 aromatic heterocycles. The van der Waals surface area contributed by atoms with E-state index in [-0.39, 0.29) is 23.4 Å². The number of urea groups is 1. The number of amides is 3. The summed E-state index contributed by atoms with van der Waals surface area (Å²) in [5.41, 5.74) is 7.46. The van der Waals surface area contributed by atoms with Gasteiger partial charge >= 0.3 is 6.03 Å². The molecular formula is C34H37N5O2. The first-order valence-electron chi connectivity index (χ1n) is 14.4. The van der Waals surface area contributed by atoms with E-state index < -0.39 is 0 Å². The third-order valence-electron chi connectivity index (χ3n) is 8.00. The van der Waals surface area contributed by atoms with E-state index in [0.717, 1.165) is 40.8 Å². The van der Waals surface area contributed by atoms with Gasteiger partial charge in [-0.3, -0.25) is 4.79 Å². The van der Waals surface area contributed by atoms with Crippen LogP contribution in [0.3, 0.4) is 0 Å². The van der Waals surface area contributed by atoms with E-state index in [4.69, 9.17) is 0 Å². The number of carbonyl (C=O) groups is 2. The lowest BCUT2D eigenvalue weighted by Crippen LogP contribution is -2.50. The normalized spacial score (nSPS) is 18.0. The van der Waals surface area contributed by atoms with Crippen LogP contribution in [0.5, 0.6) is 0 Å². The zero-order valence-corrected chi connectivity index (χ0v) is 23.9. The predicted octanol–water partition coefficient (Wildman–Crippen LogP) is 5.83. The summed E-state index contributed by atoms with van der Waals surface area (Å²) in [4.78, 5) is 28.1. The van der Waals surface area contributed by atoms with Crippen molar-refractivity contribution in [2.75, 3.05) is 6.54 Å². The highest BCUT2D eigenvalue weighted by molar-refractivity contribution is 5.83. The van der Waals surface area contributed by atoms with Gasteiger partial charge in [0.05, 0.1) is 11.9 Å². The minimum Gasteiger partial charge on any atom is -0.352 e. The number of fused-ring (bicyclic) bond motifs is 1. The van der Waals surface area contributed by atoms with Gasteiger partial charge in [-0.15, -0.1) is 0 Å². The zero-order valence-electron chi connectivity index (χ0n) is 23.9. The lowest BCUT2D eigenvalue weighted by molar-refractivity contribution is -0.122. The molecule has 2 heterocycles. The largest absolute Gasteiger partial charge is 0.352 e. The minimum absolute atomic E-state index is 0.0189. The molecule has 1 fully saturated rings. The second-order valence-corrected chi connectivity index (χ2v) is 12.2. The summed E-state index contributed by atoms with van der Waals surface area (Å²) in [6.07, 6.45) is 5.58. The van der Waals surface area contributed by atoms with Gasteiger partial charge < -0.3 is 15.5 Å². The van der Waals surface area contributed by atoms with Crippen LogP contribution in [0, 0.1) is 5.92 Å². The zero-order chi connectivity index (χ0) is 28.6. The van der Waals surface area contributed by atoms with Gasteiger partial charge in [0.2, 0.25) is 5.91 Å². The Hall–Kier alpha value is -4.39. The summed E-state index contributed by atoms with van der Waals surface area (Å²) in [6.45, 7) is 7.55. The number of hydrogen-bond acceptors (Lipinski definition) is 3. The summed E-state index contributed by atoms with van der Waals surface area (Å²) in [5, 5.41) is 10.9. The Morgan fingerprint density at radius 2 is 1.68 bits per heavy atom. The highest BCUT2D eigenvalue weighted by Gasteiger charge is 2.43. The van der Waals surface area contributed by atoms with Gasteiger partial charge in [-0.25, -0.2) is 9.48 Å². The van der Waals surface area contributed by atoms with Crippen molar-refractivity contribution in [1.82, 2.24) is 25.3 Å². The van der Waals surface area contributed by atoms with Crippen LogP contribution in [-0.2, 0) is 24.3 Å². The van der Waals surface area contributed by atoms with Gasteiger partial charge in [-0.05, 0) is 79.5 Å². The van der Waals surface area contributed by atoms with Crippen LogP contribution in [-0.4, -0.2) is 38.7 Å². The van der Waals surface area contributed by atoms with Gasteiger partial charge in [0, 0.05) is 42.9 Å². The van der Waals surface area contributed by atoms with Gasteiger partial charge in [-0.2, -0.15) is 5.10 Å². The van der Waals surface area contributed by atoms with Crippen LogP contribution in [0.4, 0.5) is 4.79 Å². The van der Waals surface area contributed by atoms with E-state index in [9.17, 15) is 9.59 Å². The molecule has 6 rings (SSSR count). The third-order valence-corrected chi connectivity index (χ3v) is 8.00. The maximum Gasteiger partial charge on any atom is 0.318 e. The van der Waals surface area contributed by atoms with Crippen molar-refractivity contribution in [1.29, 1.82) is 0 Å². The van der Waals surface area contributed by atoms with Crippen molar-refractivity contribution in [3.63, 3.8) is 0 Å². The molecule has 0 radical (unpaired) electrons. The first-order valence-corrected chi connectivity index (χ1v) is 14.4. The maximum atomic E-state index is 13.1. The Morgan fingerprint density at radius 1 is 0.951 bits per heavy atom. The quantitative estimate of drug-likeness (QED) is 0.319. The molecule has 1 aliphatic heterocycles. The van der Waals surface area contributed by atoms with E-state index in [0.29, 0.717) is 25.6 Å². The molecule has 2 unspecified atom stereocenters. The Labute approximate surface area is 241 Å². The van der Waals surface area contributed by atoms with Gasteiger partial charge in [0.15, 0.2) is 0 Å². The average Bonchev–Trinajstić information content (AvgIpc) is 3.63. The molecule has 3 amide bonds. The second kappa shape index (κ2) is 10.9. The van der Waals surface area contributed by atoms with Crippen molar-refractivity contribution in [3.8, 4) is 16.8 Å². The molecule has 41 heavy (non-hydrogen) atoms. The lowest BCUT2D eigenvalue weighted by Gasteiger charge is -2.34. The number of benzene rings is 3. The van der Waals surface area contributed by atoms with E-state index in [2.05, 4.69) is 46.2 Å². The molecule has 2 N–H and O–H groups in total. The number of carbonyl (C=O) groups excluding carboxylic acids is 2. The molecule has 0 saturated heterocycles. The SMILES string of the molecule is CC(C)(C)NC(=O)N1CCc2c(-c3cnn(-c4ccccc4)c3)ccc(CNC(=O)C3CC3c3ccccc3)c2C1. The van der Waals surface area contributed by atoms with Crippen LogP contribution in [0.1, 0.15) is 55.4 Å². The Bertz CT molecular complexity index is 1560. The molecule has 2 aliphatic rings. The molecule has 7 nitrogen and oxygen atoms in total. The lowest BCUT2D eigenvalue weighted by atomic mass is 9.88. The average molecular weight is 548 g/mol. The number of rotatable bonds is 6. The minimum atomic E-state index is -0.318. The summed E-state index contributed by atoms with van der Waals surface area (Å²) >= 11 is 0. The highest BCUT2D eigenvalue weighted by atomic mass is 16.2. The standard InChI is InChI=1S/C34H37N5O2/c1-34(2,3)37-33(41)38-17-16-28-27(25-20-36-39(21-25)26-12-8-5-9-13-26)15-14-24(31(28)22-38)19-35-32(40)30-18-29(30)23-10-6-4-7-11-23/h4-15,20-21,29-30H,16-19,22H2,1-3H3,(H,35,40)(H,37,41). The van der Waals surface area contributed by atoms with Crippen LogP contribution >= 0.6 is 0 Å². The summed E-state index contributed by atoms with van der Waals surface area (Å²) in [7, 11) is 0. The third kappa shape index (κ3) is 5.89. The van der Waals surface area contributed by atoms with E-state index in [1.165, 1.54) is 11.1 Å². The molecule has 7 heteroatoms. The molecule has 0 spiro atoms. The number of aromatic nitrogens is 2. The molecule has 0 bridgehead atoms. The predicted molar refractivity (Wildman–Crippen MR) is 161 cm³/mol. The van der Waals surface area contributed by atoms with Crippen molar-refractivity contribution in [3.05, 3.63) is 107 Å². The van der Waals surface area contributed by atoms with Crippen molar-refractivity contribution in [2.24, 2.45) is 5.92 Å². The van der Waals surface area contributed by atoms with Crippen molar-refractivity contribution < 1.29 is 9.59 Å². The fraction of sp³-hybridized carbons (Fsp3) is 0.324. The first kappa shape index (κ1) is 26.8. The van der Waals surface area contributed by atoms with Gasteiger partial charge in [0.25, 0.3) is 0 Å². The fourth-order valence-corrected chi connectivity index (χ4v) is 5.80. The number of para-hydroxylation sites is 1. The smallest absolute Gasteiger partial charge is 0.318 e. The van der Waals surface area contributed by atoms with Gasteiger partial charge in [0.1, 0.15) is 0 Å². The molecule has 3 aromatic carbocycles. The van der Waals surface area contributed by atoms with Gasteiger partial charge in [-0.1, -0.05) is 60.7 Å². The summed E-state index contributed by atoms with van der Waals surface area (Å²) in [5.74, 6) is 0.412. The highest BCUT2D eigenvalue weighted by Crippen LogP contribution is 2.47. The van der Waals surface area contributed by atoms with Crippen molar-refractivity contribution >= 4 is 11.9 Å². The Morgan fingerprint density at radius 3 is 2.41 bits per heavy atom. The Balaban J connectivity index is 1.25. The number of nitrogens with zero attached hydrogens (tertiary/aromatic N) is 3. The monoisotopic (exact) mass is 547 g/mol.